The number of para-hydroxylation sites is 1. The van der Waals surface area contributed by atoms with E-state index in [-0.39, 0.29) is 18.9 Å². The van der Waals surface area contributed by atoms with Crippen LogP contribution in [0, 0.1) is 0 Å². The summed E-state index contributed by atoms with van der Waals surface area (Å²) < 4.78 is 5.31. The second kappa shape index (κ2) is 8.48. The second-order valence-corrected chi connectivity index (χ2v) is 6.25. The highest BCUT2D eigenvalue weighted by Crippen LogP contribution is 2.21. The smallest absolute Gasteiger partial charge is 0.328 e. The first kappa shape index (κ1) is 18.6. The molecule has 1 aromatic carbocycles. The number of ether oxygens (including phenoxy) is 1. The minimum absolute atomic E-state index is 0.166. The van der Waals surface area contributed by atoms with Gasteiger partial charge in [-0.25, -0.2) is 14.8 Å². The summed E-state index contributed by atoms with van der Waals surface area (Å²) in [6, 6.07) is 8.30. The van der Waals surface area contributed by atoms with Gasteiger partial charge in [-0.2, -0.15) is 0 Å². The van der Waals surface area contributed by atoms with Gasteiger partial charge in [0, 0.05) is 31.9 Å². The average molecular weight is 370 g/mol. The van der Waals surface area contributed by atoms with Gasteiger partial charge in [-0.05, 0) is 24.1 Å². The lowest BCUT2D eigenvalue weighted by Crippen LogP contribution is -2.58. The Morgan fingerprint density at radius 3 is 2.63 bits per heavy atom. The Kier molecular flexibility index (Phi) is 5.85. The van der Waals surface area contributed by atoms with E-state index in [0.717, 1.165) is 11.3 Å². The van der Waals surface area contributed by atoms with E-state index in [4.69, 9.17) is 4.74 Å². The minimum Gasteiger partial charge on any atom is -0.496 e. The van der Waals surface area contributed by atoms with Gasteiger partial charge in [0.2, 0.25) is 11.9 Å². The number of methoxy groups -OCH3 is 1. The van der Waals surface area contributed by atoms with Crippen LogP contribution in [0.15, 0.2) is 42.7 Å². The number of carboxylic acid groups (broad SMARTS) is 1. The zero-order valence-corrected chi connectivity index (χ0v) is 15.1. The van der Waals surface area contributed by atoms with Crippen molar-refractivity contribution in [3.05, 3.63) is 48.3 Å². The molecular formula is C19H22N4O4. The fourth-order valence-electron chi connectivity index (χ4n) is 3.22. The van der Waals surface area contributed by atoms with Crippen LogP contribution in [-0.4, -0.2) is 64.6 Å². The normalized spacial score (nSPS) is 16.9. The van der Waals surface area contributed by atoms with Crippen molar-refractivity contribution < 1.29 is 19.4 Å². The molecule has 0 radical (unpaired) electrons. The Balaban J connectivity index is 1.66. The van der Waals surface area contributed by atoms with E-state index in [0.29, 0.717) is 25.5 Å². The number of carbonyl (C=O) groups is 2. The number of aryl methyl sites for hydroxylation is 1. The standard InChI is InChI=1S/C19H22N4O4/c1-27-16-6-3-2-5-14(16)7-8-17(24)23-12-11-22(13-15(23)18(25)26)19-20-9-4-10-21-19/h2-6,9-10,15H,7-8,11-13H2,1H3,(H,25,26)/t15-/m0/s1. The fraction of sp³-hybridized carbons (Fsp3) is 0.368. The number of nitrogens with zero attached hydrogens (tertiary/aromatic N) is 4. The molecule has 0 bridgehead atoms. The van der Waals surface area contributed by atoms with Crippen LogP contribution in [0.25, 0.3) is 0 Å². The quantitative estimate of drug-likeness (QED) is 0.817. The van der Waals surface area contributed by atoms with Crippen LogP contribution in [0.2, 0.25) is 0 Å². The maximum atomic E-state index is 12.7. The first-order valence-electron chi connectivity index (χ1n) is 8.76. The van der Waals surface area contributed by atoms with Crippen molar-refractivity contribution in [3.8, 4) is 5.75 Å². The molecule has 0 unspecified atom stereocenters. The highest BCUT2D eigenvalue weighted by molar-refractivity contribution is 5.84. The molecule has 1 fully saturated rings. The van der Waals surface area contributed by atoms with Crippen LogP contribution in [0.4, 0.5) is 5.95 Å². The molecule has 142 valence electrons. The zero-order valence-electron chi connectivity index (χ0n) is 15.1. The first-order valence-corrected chi connectivity index (χ1v) is 8.76. The van der Waals surface area contributed by atoms with Gasteiger partial charge in [-0.3, -0.25) is 4.79 Å². The summed E-state index contributed by atoms with van der Waals surface area (Å²) >= 11 is 0. The molecule has 0 saturated carbocycles. The Bertz CT molecular complexity index is 799. The molecule has 2 aromatic rings. The lowest BCUT2D eigenvalue weighted by atomic mass is 10.1. The van der Waals surface area contributed by atoms with E-state index in [2.05, 4.69) is 9.97 Å². The largest absolute Gasteiger partial charge is 0.496 e. The number of piperazine rings is 1. The van der Waals surface area contributed by atoms with Crippen LogP contribution >= 0.6 is 0 Å². The van der Waals surface area contributed by atoms with E-state index in [9.17, 15) is 14.7 Å². The Morgan fingerprint density at radius 2 is 1.93 bits per heavy atom. The van der Waals surface area contributed by atoms with E-state index >= 15 is 0 Å². The number of hydrogen-bond acceptors (Lipinski definition) is 6. The molecule has 1 aliphatic rings. The Morgan fingerprint density at radius 1 is 1.19 bits per heavy atom. The average Bonchev–Trinajstić information content (AvgIpc) is 2.72. The summed E-state index contributed by atoms with van der Waals surface area (Å²) in [6.07, 6.45) is 3.95. The zero-order chi connectivity index (χ0) is 19.2. The van der Waals surface area contributed by atoms with Gasteiger partial charge in [0.25, 0.3) is 0 Å². The van der Waals surface area contributed by atoms with Crippen molar-refractivity contribution >= 4 is 17.8 Å². The van der Waals surface area contributed by atoms with Crippen LogP contribution in [0.1, 0.15) is 12.0 Å². The lowest BCUT2D eigenvalue weighted by Gasteiger charge is -2.39. The van der Waals surface area contributed by atoms with Gasteiger partial charge in [0.1, 0.15) is 11.8 Å². The van der Waals surface area contributed by atoms with Crippen molar-refractivity contribution in [2.75, 3.05) is 31.6 Å². The lowest BCUT2D eigenvalue weighted by molar-refractivity contribution is -0.150. The number of carboxylic acids is 1. The molecule has 0 aliphatic carbocycles. The summed E-state index contributed by atoms with van der Waals surface area (Å²) in [5.41, 5.74) is 0.927. The number of rotatable bonds is 6. The van der Waals surface area contributed by atoms with E-state index < -0.39 is 12.0 Å². The third-order valence-electron chi connectivity index (χ3n) is 4.62. The molecule has 1 aromatic heterocycles. The third-order valence-corrected chi connectivity index (χ3v) is 4.62. The van der Waals surface area contributed by atoms with Gasteiger partial charge < -0.3 is 19.6 Å². The summed E-state index contributed by atoms with van der Waals surface area (Å²) in [4.78, 5) is 36.0. The maximum Gasteiger partial charge on any atom is 0.328 e. The molecule has 1 aliphatic heterocycles. The maximum absolute atomic E-state index is 12.7. The molecule has 1 amide bonds. The van der Waals surface area contributed by atoms with Gasteiger partial charge in [0.15, 0.2) is 0 Å². The summed E-state index contributed by atoms with van der Waals surface area (Å²) in [7, 11) is 1.59. The van der Waals surface area contributed by atoms with E-state index in [1.165, 1.54) is 4.90 Å². The Labute approximate surface area is 157 Å². The number of aliphatic carboxylic acids is 1. The summed E-state index contributed by atoms with van der Waals surface area (Å²) in [5.74, 6) is -0.000731. The van der Waals surface area contributed by atoms with E-state index in [1.807, 2.05) is 24.3 Å². The van der Waals surface area contributed by atoms with Gasteiger partial charge in [0.05, 0.1) is 13.7 Å². The molecule has 8 nitrogen and oxygen atoms in total. The number of hydrogen-bond donors (Lipinski definition) is 1. The fourth-order valence-corrected chi connectivity index (χ4v) is 3.22. The van der Waals surface area contributed by atoms with Gasteiger partial charge >= 0.3 is 5.97 Å². The molecular weight excluding hydrogens is 348 g/mol. The molecule has 0 spiro atoms. The first-order chi connectivity index (χ1) is 13.1. The van der Waals surface area contributed by atoms with Crippen LogP contribution in [-0.2, 0) is 16.0 Å². The molecule has 1 N–H and O–H groups in total. The number of benzene rings is 1. The molecule has 1 saturated heterocycles. The number of aromatic nitrogens is 2. The highest BCUT2D eigenvalue weighted by atomic mass is 16.5. The number of anilines is 1. The van der Waals surface area contributed by atoms with Crippen LogP contribution in [0.5, 0.6) is 5.75 Å². The van der Waals surface area contributed by atoms with Crippen molar-refractivity contribution in [2.24, 2.45) is 0 Å². The predicted molar refractivity (Wildman–Crippen MR) is 98.7 cm³/mol. The highest BCUT2D eigenvalue weighted by Gasteiger charge is 2.35. The van der Waals surface area contributed by atoms with Crippen molar-refractivity contribution in [2.45, 2.75) is 18.9 Å². The number of amides is 1. The molecule has 2 heterocycles. The van der Waals surface area contributed by atoms with Gasteiger partial charge in [-0.1, -0.05) is 18.2 Å². The second-order valence-electron chi connectivity index (χ2n) is 6.25. The third kappa shape index (κ3) is 4.33. The van der Waals surface area contributed by atoms with E-state index in [1.54, 1.807) is 30.5 Å². The molecule has 8 heteroatoms. The SMILES string of the molecule is COc1ccccc1CCC(=O)N1CCN(c2ncccn2)C[C@H]1C(=O)O. The minimum atomic E-state index is -1.03. The van der Waals surface area contributed by atoms with Crippen LogP contribution in [0.3, 0.4) is 0 Å². The van der Waals surface area contributed by atoms with Crippen LogP contribution < -0.4 is 9.64 Å². The van der Waals surface area contributed by atoms with Crippen molar-refractivity contribution in [1.82, 2.24) is 14.9 Å². The Hall–Kier alpha value is -3.16. The van der Waals surface area contributed by atoms with Crippen molar-refractivity contribution in [1.29, 1.82) is 0 Å². The van der Waals surface area contributed by atoms with Gasteiger partial charge in [-0.15, -0.1) is 0 Å². The molecule has 3 rings (SSSR count). The predicted octanol–water partition coefficient (Wildman–Crippen LogP) is 1.22. The molecule has 27 heavy (non-hydrogen) atoms. The summed E-state index contributed by atoms with van der Waals surface area (Å²) in [5, 5.41) is 9.61. The monoisotopic (exact) mass is 370 g/mol. The molecule has 1 atom stereocenters. The van der Waals surface area contributed by atoms with Crippen molar-refractivity contribution in [3.63, 3.8) is 0 Å². The number of carbonyl (C=O) groups excluding carboxylic acids is 1. The topological polar surface area (TPSA) is 95.9 Å². The summed E-state index contributed by atoms with van der Waals surface area (Å²) in [6.45, 7) is 0.980.